The van der Waals surface area contributed by atoms with Gasteiger partial charge in [0.05, 0.1) is 17.2 Å². The van der Waals surface area contributed by atoms with E-state index in [1.165, 1.54) is 0 Å². The third kappa shape index (κ3) is 2.16. The van der Waals surface area contributed by atoms with Gasteiger partial charge in [0, 0.05) is 6.42 Å². The molecule has 0 saturated carbocycles. The molecular formula is C10H9ClN2O2. The van der Waals surface area contributed by atoms with Crippen molar-refractivity contribution in [2.45, 2.75) is 6.42 Å². The number of benzene rings is 1. The van der Waals surface area contributed by atoms with Crippen molar-refractivity contribution in [2.24, 2.45) is 0 Å². The molecular weight excluding hydrogens is 216 g/mol. The smallest absolute Gasteiger partial charge is 0.259 e. The summed E-state index contributed by atoms with van der Waals surface area (Å²) in [6.45, 7) is 0.00148. The number of aromatic nitrogens is 2. The Hall–Kier alpha value is -1.39. The highest BCUT2D eigenvalue weighted by molar-refractivity contribution is 6.33. The lowest BCUT2D eigenvalue weighted by molar-refractivity contribution is 0.293. The van der Waals surface area contributed by atoms with Gasteiger partial charge < -0.3 is 9.63 Å². The molecule has 0 radical (unpaired) electrons. The molecule has 0 saturated heterocycles. The Morgan fingerprint density at radius 3 is 2.87 bits per heavy atom. The summed E-state index contributed by atoms with van der Waals surface area (Å²) in [5, 5.41) is 13.0. The van der Waals surface area contributed by atoms with Gasteiger partial charge >= 0.3 is 0 Å². The molecule has 0 spiro atoms. The van der Waals surface area contributed by atoms with Gasteiger partial charge in [-0.3, -0.25) is 0 Å². The van der Waals surface area contributed by atoms with E-state index in [2.05, 4.69) is 10.1 Å². The van der Waals surface area contributed by atoms with Crippen LogP contribution in [0.2, 0.25) is 5.02 Å². The summed E-state index contributed by atoms with van der Waals surface area (Å²) in [6.07, 6.45) is 0.383. The average molecular weight is 225 g/mol. The lowest BCUT2D eigenvalue weighted by Gasteiger charge is -1.95. The molecule has 0 unspecified atom stereocenters. The SMILES string of the molecule is OCCc1noc(-c2ccccc2Cl)n1. The summed E-state index contributed by atoms with van der Waals surface area (Å²) >= 11 is 5.97. The van der Waals surface area contributed by atoms with Crippen molar-refractivity contribution in [3.05, 3.63) is 35.1 Å². The topological polar surface area (TPSA) is 59.2 Å². The van der Waals surface area contributed by atoms with Crippen LogP contribution in [0.15, 0.2) is 28.8 Å². The van der Waals surface area contributed by atoms with Crippen LogP contribution < -0.4 is 0 Å². The summed E-state index contributed by atoms with van der Waals surface area (Å²) in [7, 11) is 0. The van der Waals surface area contributed by atoms with Crippen LogP contribution in [-0.2, 0) is 6.42 Å². The molecule has 0 amide bonds. The van der Waals surface area contributed by atoms with E-state index in [0.717, 1.165) is 0 Å². The molecule has 1 aromatic heterocycles. The predicted molar refractivity (Wildman–Crippen MR) is 55.5 cm³/mol. The van der Waals surface area contributed by atoms with Crippen LogP contribution in [0.1, 0.15) is 5.82 Å². The highest BCUT2D eigenvalue weighted by atomic mass is 35.5. The van der Waals surface area contributed by atoms with Crippen LogP contribution >= 0.6 is 11.6 Å². The number of hydrogen-bond donors (Lipinski definition) is 1. The molecule has 0 bridgehead atoms. The van der Waals surface area contributed by atoms with Crippen LogP contribution in [0.25, 0.3) is 11.5 Å². The quantitative estimate of drug-likeness (QED) is 0.866. The van der Waals surface area contributed by atoms with E-state index in [0.29, 0.717) is 28.7 Å². The number of aliphatic hydroxyl groups is 1. The second-order valence-electron chi connectivity index (χ2n) is 2.97. The van der Waals surface area contributed by atoms with Gasteiger partial charge in [-0.2, -0.15) is 4.98 Å². The zero-order valence-electron chi connectivity index (χ0n) is 7.85. The van der Waals surface area contributed by atoms with Crippen molar-refractivity contribution in [1.29, 1.82) is 0 Å². The number of hydrogen-bond acceptors (Lipinski definition) is 4. The first-order valence-corrected chi connectivity index (χ1v) is 4.87. The zero-order valence-corrected chi connectivity index (χ0v) is 8.61. The fraction of sp³-hybridized carbons (Fsp3) is 0.200. The van der Waals surface area contributed by atoms with Crippen molar-refractivity contribution in [1.82, 2.24) is 10.1 Å². The average Bonchev–Trinajstić information content (AvgIpc) is 2.68. The minimum Gasteiger partial charge on any atom is -0.396 e. The molecule has 1 aromatic carbocycles. The first kappa shape index (κ1) is 10.1. The van der Waals surface area contributed by atoms with Crippen molar-refractivity contribution < 1.29 is 9.63 Å². The standard InChI is InChI=1S/C10H9ClN2O2/c11-8-4-2-1-3-7(8)10-12-9(5-6-14)13-15-10/h1-4,14H,5-6H2. The predicted octanol–water partition coefficient (Wildman–Crippen LogP) is 1.92. The van der Waals surface area contributed by atoms with E-state index in [1.54, 1.807) is 12.1 Å². The molecule has 0 fully saturated rings. The Bertz CT molecular complexity index is 456. The molecule has 1 heterocycles. The van der Waals surface area contributed by atoms with Crippen molar-refractivity contribution in [3.63, 3.8) is 0 Å². The van der Waals surface area contributed by atoms with Crippen LogP contribution in [-0.4, -0.2) is 21.9 Å². The van der Waals surface area contributed by atoms with Gasteiger partial charge in [-0.1, -0.05) is 28.9 Å². The Morgan fingerprint density at radius 2 is 2.13 bits per heavy atom. The Morgan fingerprint density at radius 1 is 1.33 bits per heavy atom. The van der Waals surface area contributed by atoms with Gasteiger partial charge in [-0.05, 0) is 12.1 Å². The number of aliphatic hydroxyl groups excluding tert-OH is 1. The molecule has 15 heavy (non-hydrogen) atoms. The number of rotatable bonds is 3. The third-order valence-corrected chi connectivity index (χ3v) is 2.24. The van der Waals surface area contributed by atoms with Gasteiger partial charge in [0.25, 0.3) is 5.89 Å². The summed E-state index contributed by atoms with van der Waals surface area (Å²) in [6, 6.07) is 7.24. The van der Waals surface area contributed by atoms with Gasteiger partial charge in [-0.15, -0.1) is 0 Å². The third-order valence-electron chi connectivity index (χ3n) is 1.91. The van der Waals surface area contributed by atoms with Crippen LogP contribution in [0.5, 0.6) is 0 Å². The fourth-order valence-corrected chi connectivity index (χ4v) is 1.42. The maximum Gasteiger partial charge on any atom is 0.259 e. The van der Waals surface area contributed by atoms with Crippen molar-refractivity contribution in [2.75, 3.05) is 6.61 Å². The lowest BCUT2D eigenvalue weighted by Crippen LogP contribution is -1.92. The number of halogens is 1. The summed E-state index contributed by atoms with van der Waals surface area (Å²) in [4.78, 5) is 4.11. The monoisotopic (exact) mass is 224 g/mol. The lowest BCUT2D eigenvalue weighted by atomic mass is 10.2. The van der Waals surface area contributed by atoms with E-state index in [-0.39, 0.29) is 6.61 Å². The molecule has 4 nitrogen and oxygen atoms in total. The van der Waals surface area contributed by atoms with Gasteiger partial charge in [0.2, 0.25) is 0 Å². The second-order valence-corrected chi connectivity index (χ2v) is 3.38. The minimum atomic E-state index is 0.00148. The summed E-state index contributed by atoms with van der Waals surface area (Å²) in [5.74, 6) is 0.858. The van der Waals surface area contributed by atoms with E-state index >= 15 is 0 Å². The summed E-state index contributed by atoms with van der Waals surface area (Å²) < 4.78 is 5.03. The maximum absolute atomic E-state index is 8.71. The van der Waals surface area contributed by atoms with Gasteiger partial charge in [0.1, 0.15) is 0 Å². The second kappa shape index (κ2) is 4.42. The largest absolute Gasteiger partial charge is 0.396 e. The van der Waals surface area contributed by atoms with Crippen LogP contribution in [0.4, 0.5) is 0 Å². The van der Waals surface area contributed by atoms with E-state index < -0.39 is 0 Å². The molecule has 78 valence electrons. The molecule has 0 aliphatic heterocycles. The van der Waals surface area contributed by atoms with Crippen molar-refractivity contribution >= 4 is 11.6 Å². The maximum atomic E-state index is 8.71. The molecule has 0 aliphatic rings. The van der Waals surface area contributed by atoms with Crippen molar-refractivity contribution in [3.8, 4) is 11.5 Å². The molecule has 1 N–H and O–H groups in total. The number of nitrogens with zero attached hydrogens (tertiary/aromatic N) is 2. The minimum absolute atomic E-state index is 0.00148. The molecule has 5 heteroatoms. The first-order chi connectivity index (χ1) is 7.31. The van der Waals surface area contributed by atoms with E-state index in [9.17, 15) is 0 Å². The van der Waals surface area contributed by atoms with Gasteiger partial charge in [0.15, 0.2) is 5.82 Å². The normalized spacial score (nSPS) is 10.5. The Balaban J connectivity index is 2.33. The zero-order chi connectivity index (χ0) is 10.7. The Kier molecular flexibility index (Phi) is 2.99. The molecule has 0 atom stereocenters. The first-order valence-electron chi connectivity index (χ1n) is 4.49. The Labute approximate surface area is 91.5 Å². The summed E-state index contributed by atoms with van der Waals surface area (Å²) in [5.41, 5.74) is 0.704. The highest BCUT2D eigenvalue weighted by Gasteiger charge is 2.10. The fourth-order valence-electron chi connectivity index (χ4n) is 1.20. The van der Waals surface area contributed by atoms with Gasteiger partial charge in [-0.25, -0.2) is 0 Å². The molecule has 2 rings (SSSR count). The van der Waals surface area contributed by atoms with Crippen LogP contribution in [0.3, 0.4) is 0 Å². The molecule has 2 aromatic rings. The van der Waals surface area contributed by atoms with Crippen LogP contribution in [0, 0.1) is 0 Å². The van der Waals surface area contributed by atoms with E-state index in [1.807, 2.05) is 12.1 Å². The highest BCUT2D eigenvalue weighted by Crippen LogP contribution is 2.25. The molecule has 0 aliphatic carbocycles. The van der Waals surface area contributed by atoms with E-state index in [4.69, 9.17) is 21.2 Å².